The number of primary amides is 1. The van der Waals surface area contributed by atoms with Gasteiger partial charge in [-0.3, -0.25) is 14.6 Å². The van der Waals surface area contributed by atoms with Crippen LogP contribution in [0, 0.1) is 0 Å². The molecule has 6 rings (SSSR count). The third-order valence-corrected chi connectivity index (χ3v) is 7.97. The predicted molar refractivity (Wildman–Crippen MR) is 164 cm³/mol. The van der Waals surface area contributed by atoms with E-state index < -0.39 is 11.8 Å². The lowest BCUT2D eigenvalue weighted by molar-refractivity contribution is -0.118. The van der Waals surface area contributed by atoms with Gasteiger partial charge in [-0.05, 0) is 70.0 Å². The van der Waals surface area contributed by atoms with Gasteiger partial charge in [0.15, 0.2) is 5.78 Å². The number of anilines is 1. The molecule has 0 aliphatic heterocycles. The van der Waals surface area contributed by atoms with Crippen LogP contribution in [0.3, 0.4) is 0 Å². The molecule has 1 unspecified atom stereocenters. The van der Waals surface area contributed by atoms with Crippen molar-refractivity contribution in [3.63, 3.8) is 0 Å². The Labute approximate surface area is 239 Å². The number of nitrogens with two attached hydrogens (primary N) is 2. The summed E-state index contributed by atoms with van der Waals surface area (Å²) in [6.45, 7) is 2.13. The summed E-state index contributed by atoms with van der Waals surface area (Å²) >= 11 is 0. The molecular formula is C36H31N3O2. The van der Waals surface area contributed by atoms with E-state index >= 15 is 0 Å². The van der Waals surface area contributed by atoms with Crippen molar-refractivity contribution in [2.24, 2.45) is 5.73 Å². The number of fused-ring (bicyclic) bond motifs is 3. The molecule has 0 radical (unpaired) electrons. The van der Waals surface area contributed by atoms with Gasteiger partial charge in [-0.15, -0.1) is 0 Å². The van der Waals surface area contributed by atoms with Gasteiger partial charge in [0.25, 0.3) is 0 Å². The molecule has 41 heavy (non-hydrogen) atoms. The smallest absolute Gasteiger partial charge is 0.229 e. The minimum atomic E-state index is -0.613. The summed E-state index contributed by atoms with van der Waals surface area (Å²) in [5, 5.41) is 0. The number of rotatable bonds is 8. The highest BCUT2D eigenvalue weighted by Gasteiger charge is 2.38. The second-order valence-electron chi connectivity index (χ2n) is 10.4. The lowest BCUT2D eigenvalue weighted by Gasteiger charge is -2.22. The van der Waals surface area contributed by atoms with Crippen LogP contribution in [0.2, 0.25) is 0 Å². The number of carbonyl (C=O) groups excluding carboxylic acids is 2. The molecule has 0 fully saturated rings. The Kier molecular flexibility index (Phi) is 6.94. The van der Waals surface area contributed by atoms with E-state index in [4.69, 9.17) is 11.5 Å². The number of unbranched alkanes of at least 4 members (excludes halogenated alkanes) is 1. The second-order valence-corrected chi connectivity index (χ2v) is 10.4. The van der Waals surface area contributed by atoms with Gasteiger partial charge >= 0.3 is 0 Å². The first kappa shape index (κ1) is 26.2. The van der Waals surface area contributed by atoms with Gasteiger partial charge in [0.2, 0.25) is 5.91 Å². The highest BCUT2D eigenvalue weighted by Crippen LogP contribution is 2.50. The Balaban J connectivity index is 1.70. The van der Waals surface area contributed by atoms with Crippen LogP contribution in [0.4, 0.5) is 5.69 Å². The van der Waals surface area contributed by atoms with Crippen molar-refractivity contribution < 1.29 is 9.59 Å². The molecule has 1 atom stereocenters. The Bertz CT molecular complexity index is 1790. The maximum absolute atomic E-state index is 14.7. The number of aromatic nitrogens is 1. The van der Waals surface area contributed by atoms with E-state index in [0.29, 0.717) is 34.5 Å². The first-order valence-electron chi connectivity index (χ1n) is 14.0. The number of hydrogen-bond acceptors (Lipinski definition) is 4. The molecule has 1 aromatic heterocycles. The number of nitrogen functional groups attached to an aromatic ring is 1. The van der Waals surface area contributed by atoms with E-state index in [0.717, 1.165) is 51.8 Å². The largest absolute Gasteiger partial charge is 0.397 e. The van der Waals surface area contributed by atoms with Crippen LogP contribution in [0.25, 0.3) is 33.5 Å². The summed E-state index contributed by atoms with van der Waals surface area (Å²) in [5.41, 5.74) is 21.7. The normalized spacial score (nSPS) is 13.4. The molecular weight excluding hydrogens is 506 g/mol. The Morgan fingerprint density at radius 3 is 2.24 bits per heavy atom. The van der Waals surface area contributed by atoms with Crippen molar-refractivity contribution >= 4 is 17.4 Å². The van der Waals surface area contributed by atoms with Crippen LogP contribution < -0.4 is 11.5 Å². The summed E-state index contributed by atoms with van der Waals surface area (Å²) in [6.07, 6.45) is 4.15. The molecule has 4 aromatic carbocycles. The fourth-order valence-corrected chi connectivity index (χ4v) is 6.14. The zero-order chi connectivity index (χ0) is 28.5. The minimum absolute atomic E-state index is 0.120. The van der Waals surface area contributed by atoms with Crippen molar-refractivity contribution in [2.45, 2.75) is 32.1 Å². The fourth-order valence-electron chi connectivity index (χ4n) is 6.14. The van der Waals surface area contributed by atoms with Crippen LogP contribution >= 0.6 is 0 Å². The van der Waals surface area contributed by atoms with Crippen molar-refractivity contribution in [1.82, 2.24) is 4.98 Å². The third kappa shape index (κ3) is 4.49. The number of ketones is 1. The molecule has 1 heterocycles. The molecule has 0 saturated heterocycles. The third-order valence-electron chi connectivity index (χ3n) is 7.97. The zero-order valence-corrected chi connectivity index (χ0v) is 22.9. The van der Waals surface area contributed by atoms with E-state index in [1.807, 2.05) is 84.9 Å². The molecule has 1 aliphatic carbocycles. The van der Waals surface area contributed by atoms with Crippen molar-refractivity contribution in [2.75, 3.05) is 5.73 Å². The van der Waals surface area contributed by atoms with E-state index in [2.05, 4.69) is 11.9 Å². The topological polar surface area (TPSA) is 99.1 Å². The SMILES string of the molecule is CCCCc1c(-c2ncccc2N)c(C(=O)c2ccccc2-c2ccccc2)cc2c1C(C(N)=O)c1ccccc1-2. The average Bonchev–Trinajstić information content (AvgIpc) is 3.34. The predicted octanol–water partition coefficient (Wildman–Crippen LogP) is 7.17. The summed E-state index contributed by atoms with van der Waals surface area (Å²) in [4.78, 5) is 32.4. The van der Waals surface area contributed by atoms with Crippen LogP contribution in [0.1, 0.15) is 58.3 Å². The van der Waals surface area contributed by atoms with Gasteiger partial charge in [0.05, 0.1) is 17.3 Å². The van der Waals surface area contributed by atoms with E-state index in [-0.39, 0.29) is 5.78 Å². The lowest BCUT2D eigenvalue weighted by Crippen LogP contribution is -2.22. The average molecular weight is 538 g/mol. The van der Waals surface area contributed by atoms with Crippen LogP contribution in [0.5, 0.6) is 0 Å². The van der Waals surface area contributed by atoms with E-state index in [9.17, 15) is 9.59 Å². The summed E-state index contributed by atoms with van der Waals surface area (Å²) < 4.78 is 0. The molecule has 1 aliphatic rings. The first-order chi connectivity index (χ1) is 20.0. The molecule has 202 valence electrons. The van der Waals surface area contributed by atoms with Gasteiger partial charge in [-0.2, -0.15) is 0 Å². The first-order valence-corrected chi connectivity index (χ1v) is 14.0. The van der Waals surface area contributed by atoms with Crippen LogP contribution in [-0.2, 0) is 11.2 Å². The van der Waals surface area contributed by atoms with Gasteiger partial charge in [-0.25, -0.2) is 0 Å². The summed E-state index contributed by atoms with van der Waals surface area (Å²) in [7, 11) is 0. The maximum atomic E-state index is 14.7. The summed E-state index contributed by atoms with van der Waals surface area (Å²) in [6, 6.07) is 30.9. The Morgan fingerprint density at radius 2 is 1.51 bits per heavy atom. The Morgan fingerprint density at radius 1 is 0.805 bits per heavy atom. The number of hydrogen-bond donors (Lipinski definition) is 2. The van der Waals surface area contributed by atoms with Crippen molar-refractivity contribution in [1.29, 1.82) is 0 Å². The second kappa shape index (κ2) is 10.9. The number of nitrogens with zero attached hydrogens (tertiary/aromatic N) is 1. The number of benzene rings is 4. The highest BCUT2D eigenvalue weighted by molar-refractivity contribution is 6.18. The minimum Gasteiger partial charge on any atom is -0.397 e. The molecule has 5 heteroatoms. The molecule has 5 aromatic rings. The summed E-state index contributed by atoms with van der Waals surface area (Å²) in [5.74, 6) is -1.15. The van der Waals surface area contributed by atoms with Crippen LogP contribution in [-0.4, -0.2) is 16.7 Å². The molecule has 4 N–H and O–H groups in total. The number of pyridine rings is 1. The van der Waals surface area contributed by atoms with Crippen molar-refractivity contribution in [3.8, 4) is 33.5 Å². The molecule has 0 bridgehead atoms. The van der Waals surface area contributed by atoms with E-state index in [1.54, 1.807) is 18.3 Å². The van der Waals surface area contributed by atoms with Crippen molar-refractivity contribution in [3.05, 3.63) is 131 Å². The van der Waals surface area contributed by atoms with Gasteiger partial charge in [0.1, 0.15) is 0 Å². The lowest BCUT2D eigenvalue weighted by atomic mass is 9.81. The fraction of sp³-hybridized carbons (Fsp3) is 0.139. The van der Waals surface area contributed by atoms with Gasteiger partial charge in [0, 0.05) is 22.9 Å². The van der Waals surface area contributed by atoms with Gasteiger partial charge < -0.3 is 11.5 Å². The van der Waals surface area contributed by atoms with E-state index in [1.165, 1.54) is 0 Å². The molecule has 0 saturated carbocycles. The monoisotopic (exact) mass is 537 g/mol. The Hall–Kier alpha value is -5.03. The molecule has 5 nitrogen and oxygen atoms in total. The van der Waals surface area contributed by atoms with Crippen LogP contribution in [0.15, 0.2) is 103 Å². The highest BCUT2D eigenvalue weighted by atomic mass is 16.1. The zero-order valence-electron chi connectivity index (χ0n) is 22.9. The quantitative estimate of drug-likeness (QED) is 0.205. The molecule has 1 amide bonds. The maximum Gasteiger partial charge on any atom is 0.229 e. The number of amides is 1. The molecule has 0 spiro atoms. The number of carbonyl (C=O) groups is 2. The van der Waals surface area contributed by atoms with Gasteiger partial charge in [-0.1, -0.05) is 92.2 Å². The standard InChI is InChI=1S/C36H31N3O2/c1-2-3-14-27-31-28(24-16-8-9-17-25(24)33(31)36(38)41)21-29(32(27)34-30(37)19-11-20-39-34)35(40)26-18-10-7-15-23(26)22-12-5-4-6-13-22/h4-13,15-21,33H,2-3,14,37H2,1H3,(H2,38,41).